The molecule has 1 fully saturated rings. The van der Waals surface area contributed by atoms with Gasteiger partial charge in [0.2, 0.25) is 47.3 Å². The number of aliphatic carboxylic acids is 2. The van der Waals surface area contributed by atoms with Crippen molar-refractivity contribution in [3.8, 4) is 5.75 Å². The number of carboxylic acid groups (broad SMARTS) is 2. The van der Waals surface area contributed by atoms with Crippen LogP contribution in [0.3, 0.4) is 0 Å². The summed E-state index contributed by atoms with van der Waals surface area (Å²) in [5.74, 6) is -11.2. The first-order chi connectivity index (χ1) is 34.2. The molecule has 1 aromatic rings. The number of aliphatic hydroxyl groups is 1. The monoisotopic (exact) mass is 1030 g/mol. The highest BCUT2D eigenvalue weighted by atomic mass is 16.4. The fourth-order valence-electron chi connectivity index (χ4n) is 7.69. The summed E-state index contributed by atoms with van der Waals surface area (Å²) in [5.41, 5.74) is 17.8. The number of nitrogens with one attached hydrogen (secondary N) is 7. The maximum atomic E-state index is 14.4. The molecule has 1 aliphatic rings. The summed E-state index contributed by atoms with van der Waals surface area (Å²) in [6, 6.07) is -5.91. The number of hydrogen-bond acceptors (Lipinski definition) is 14. The Kier molecular flexibility index (Phi) is 25.5. The predicted octanol–water partition coefficient (Wildman–Crippen LogP) is -2.98. The molecule has 408 valence electrons. The van der Waals surface area contributed by atoms with Crippen LogP contribution in [0.1, 0.15) is 99.0 Å². The number of carbonyl (C=O) groups is 10. The van der Waals surface area contributed by atoms with Gasteiger partial charge in [-0.2, -0.15) is 0 Å². The van der Waals surface area contributed by atoms with E-state index in [1.54, 1.807) is 53.7 Å². The molecule has 0 bridgehead atoms. The third-order valence-electron chi connectivity index (χ3n) is 12.2. The van der Waals surface area contributed by atoms with Crippen molar-refractivity contribution in [3.05, 3.63) is 29.8 Å². The summed E-state index contributed by atoms with van der Waals surface area (Å²) in [6.07, 6.45) is -0.223. The number of nitrogens with zero attached hydrogens (tertiary/aromatic N) is 2. The lowest BCUT2D eigenvalue weighted by molar-refractivity contribution is -0.144. The largest absolute Gasteiger partial charge is 0.508 e. The van der Waals surface area contributed by atoms with Crippen LogP contribution < -0.4 is 54.4 Å². The molecule has 0 unspecified atom stereocenters. The van der Waals surface area contributed by atoms with Crippen molar-refractivity contribution in [2.75, 3.05) is 19.7 Å². The first-order valence-electron chi connectivity index (χ1n) is 24.3. The number of aliphatic hydroxyl groups excluding tert-OH is 1. The van der Waals surface area contributed by atoms with Gasteiger partial charge in [-0.3, -0.25) is 48.1 Å². The summed E-state index contributed by atoms with van der Waals surface area (Å²) < 4.78 is 0. The molecular formula is C47H76N12O14. The minimum Gasteiger partial charge on any atom is -0.508 e. The number of rotatable bonds is 30. The molecule has 1 aromatic carbocycles. The number of guanidine groups is 1. The summed E-state index contributed by atoms with van der Waals surface area (Å²) in [5, 5.41) is 56.2. The van der Waals surface area contributed by atoms with Crippen LogP contribution in [0.4, 0.5) is 0 Å². The Morgan fingerprint density at radius 2 is 1.26 bits per heavy atom. The second kappa shape index (κ2) is 30.1. The Labute approximate surface area is 424 Å². The van der Waals surface area contributed by atoms with E-state index in [2.05, 4.69) is 42.2 Å². The Morgan fingerprint density at radius 1 is 0.699 bits per heavy atom. The van der Waals surface area contributed by atoms with Crippen LogP contribution in [-0.2, 0) is 54.4 Å². The van der Waals surface area contributed by atoms with E-state index in [0.717, 1.165) is 4.90 Å². The number of likely N-dealkylation sites (tertiary alicyclic amines) is 1. The highest BCUT2D eigenvalue weighted by Gasteiger charge is 2.40. The van der Waals surface area contributed by atoms with E-state index in [4.69, 9.17) is 17.2 Å². The average Bonchev–Trinajstić information content (AvgIpc) is 3.82. The van der Waals surface area contributed by atoms with E-state index in [0.29, 0.717) is 18.4 Å². The fourth-order valence-corrected chi connectivity index (χ4v) is 7.69. The van der Waals surface area contributed by atoms with Crippen LogP contribution >= 0.6 is 0 Å². The van der Waals surface area contributed by atoms with Crippen molar-refractivity contribution in [1.82, 2.24) is 42.1 Å². The zero-order chi connectivity index (χ0) is 55.3. The first kappa shape index (κ1) is 62.0. The third-order valence-corrected chi connectivity index (χ3v) is 12.2. The van der Waals surface area contributed by atoms with E-state index >= 15 is 0 Å². The van der Waals surface area contributed by atoms with E-state index < -0.39 is 151 Å². The molecule has 17 N–H and O–H groups in total. The van der Waals surface area contributed by atoms with Gasteiger partial charge >= 0.3 is 11.9 Å². The first-order valence-corrected chi connectivity index (χ1v) is 24.3. The number of aliphatic imine (C=N–C) groups is 1. The molecule has 1 saturated heterocycles. The predicted molar refractivity (Wildman–Crippen MR) is 264 cm³/mol. The highest BCUT2D eigenvalue weighted by molar-refractivity contribution is 5.98. The van der Waals surface area contributed by atoms with Crippen LogP contribution in [0.25, 0.3) is 0 Å². The number of carboxylic acids is 2. The molecular weight excluding hydrogens is 957 g/mol. The van der Waals surface area contributed by atoms with Gasteiger partial charge in [0, 0.05) is 19.5 Å². The fraction of sp³-hybridized carbons (Fsp3) is 0.638. The summed E-state index contributed by atoms with van der Waals surface area (Å²) in [4.78, 5) is 138. The van der Waals surface area contributed by atoms with Crippen LogP contribution in [0.15, 0.2) is 29.3 Å². The molecule has 26 nitrogen and oxygen atoms in total. The molecule has 0 aliphatic carbocycles. The quantitative estimate of drug-likeness (QED) is 0.0208. The van der Waals surface area contributed by atoms with Gasteiger partial charge in [0.25, 0.3) is 0 Å². The van der Waals surface area contributed by atoms with Crippen molar-refractivity contribution in [3.63, 3.8) is 0 Å². The van der Waals surface area contributed by atoms with Crippen LogP contribution in [0.5, 0.6) is 5.75 Å². The molecule has 1 aliphatic heterocycles. The molecule has 1 heterocycles. The number of nitrogens with two attached hydrogens (primary N) is 3. The molecule has 2 rings (SSSR count). The van der Waals surface area contributed by atoms with Crippen molar-refractivity contribution in [2.45, 2.75) is 154 Å². The zero-order valence-electron chi connectivity index (χ0n) is 42.5. The van der Waals surface area contributed by atoms with E-state index in [-0.39, 0.29) is 50.5 Å². The molecule has 8 amide bonds. The van der Waals surface area contributed by atoms with Gasteiger partial charge in [-0.05, 0) is 80.9 Å². The number of phenolic OH excluding ortho intramolecular Hbond substituents is 1. The van der Waals surface area contributed by atoms with Gasteiger partial charge < -0.3 is 79.7 Å². The minimum atomic E-state index is -1.62. The van der Waals surface area contributed by atoms with Gasteiger partial charge in [0.1, 0.15) is 54.1 Å². The Morgan fingerprint density at radius 3 is 1.81 bits per heavy atom. The number of hydrogen-bond donors (Lipinski definition) is 14. The number of carbonyl (C=O) groups excluding carboxylic acids is 8. The van der Waals surface area contributed by atoms with E-state index in [1.165, 1.54) is 19.1 Å². The summed E-state index contributed by atoms with van der Waals surface area (Å²) >= 11 is 0. The number of amides is 8. The highest BCUT2D eigenvalue weighted by Crippen LogP contribution is 2.21. The molecule has 0 aromatic heterocycles. The van der Waals surface area contributed by atoms with Crippen molar-refractivity contribution >= 4 is 65.2 Å². The normalized spacial score (nSPS) is 17.0. The third kappa shape index (κ3) is 20.2. The van der Waals surface area contributed by atoms with Gasteiger partial charge in [0.15, 0.2) is 5.96 Å². The van der Waals surface area contributed by atoms with E-state index in [1.807, 2.05) is 0 Å². The maximum Gasteiger partial charge on any atom is 0.326 e. The van der Waals surface area contributed by atoms with Gasteiger partial charge in [-0.15, -0.1) is 0 Å². The van der Waals surface area contributed by atoms with Crippen LogP contribution in [-0.4, -0.2) is 165 Å². The lowest BCUT2D eigenvalue weighted by Crippen LogP contribution is -2.61. The molecule has 10 atom stereocenters. The van der Waals surface area contributed by atoms with Crippen molar-refractivity contribution in [2.24, 2.45) is 39.9 Å². The second-order valence-corrected chi connectivity index (χ2v) is 18.8. The van der Waals surface area contributed by atoms with Crippen molar-refractivity contribution in [1.29, 1.82) is 0 Å². The van der Waals surface area contributed by atoms with Gasteiger partial charge in [0.05, 0.1) is 12.6 Å². The maximum absolute atomic E-state index is 14.4. The Bertz CT molecular complexity index is 2120. The zero-order valence-corrected chi connectivity index (χ0v) is 42.5. The number of phenols is 1. The van der Waals surface area contributed by atoms with Gasteiger partial charge in [-0.1, -0.05) is 60.1 Å². The Hall–Kier alpha value is -7.09. The average molecular weight is 1030 g/mol. The number of aromatic hydroxyl groups is 1. The topological polar surface area (TPSA) is 429 Å². The Balaban J connectivity index is 2.33. The SMILES string of the molecule is CC[C@H](C)[C@H](NC(=O)[C@@H](N)Cc1ccc(O)cc1)C(=O)N[C@H](C(=O)N[C@@H](CCC(=O)O)C(=O)N[C@@H](CCCN=C(N)N)C(=O)N1CCC[C@H]1C(=O)N[C@@H](CO)C(=O)N[C@@H](C)C(=O)N[C@H](C(=O)O)C(C)C)C(C)C. The molecule has 73 heavy (non-hydrogen) atoms. The molecule has 0 spiro atoms. The smallest absolute Gasteiger partial charge is 0.326 e. The summed E-state index contributed by atoms with van der Waals surface area (Å²) in [7, 11) is 0. The molecule has 26 heteroatoms. The lowest BCUT2D eigenvalue weighted by atomic mass is 9.95. The standard InChI is InChI=1S/C47H76N12O14/c1-8-25(6)37(58-39(65)29(48)21-27-13-15-28(61)16-14-27)44(70)56-35(23(2)3)43(69)53-30(17-18-34(62)63)40(66)54-31(11-9-19-51-47(49)50)45(71)59-20-10-12-33(59)42(68)55-32(22-60)41(67)52-26(7)38(64)57-36(24(4)5)46(72)73/h13-16,23-26,29-33,35-37,60-61H,8-12,17-22,48H2,1-7H3,(H,52,67)(H,53,69)(H,54,66)(H,55,68)(H,56,70)(H,57,64)(H,58,65)(H,62,63)(H,72,73)(H4,49,50,51)/t25-,26-,29-,30-,31-,32-,33-,35-,36-,37-/m0/s1. The molecule has 0 saturated carbocycles. The minimum absolute atomic E-state index is 0.00145. The van der Waals surface area contributed by atoms with E-state index in [9.17, 15) is 68.4 Å². The summed E-state index contributed by atoms with van der Waals surface area (Å²) in [6.45, 7) is 10.2. The van der Waals surface area contributed by atoms with Crippen LogP contribution in [0, 0.1) is 17.8 Å². The second-order valence-electron chi connectivity index (χ2n) is 18.8. The lowest BCUT2D eigenvalue weighted by Gasteiger charge is -2.31. The number of benzene rings is 1. The van der Waals surface area contributed by atoms with Crippen molar-refractivity contribution < 1.29 is 68.4 Å². The van der Waals surface area contributed by atoms with Gasteiger partial charge in [-0.25, -0.2) is 4.79 Å². The molecule has 0 radical (unpaired) electrons. The van der Waals surface area contributed by atoms with Crippen LogP contribution in [0.2, 0.25) is 0 Å².